The minimum absolute atomic E-state index is 0.376. The molecule has 0 saturated heterocycles. The molecule has 1 heterocycles. The van der Waals surface area contributed by atoms with Gasteiger partial charge < -0.3 is 0 Å². The third-order valence-electron chi connectivity index (χ3n) is 2.61. The quantitative estimate of drug-likeness (QED) is 0.539. The summed E-state index contributed by atoms with van der Waals surface area (Å²) in [6.45, 7) is 6.43. The van der Waals surface area contributed by atoms with Crippen molar-refractivity contribution in [2.75, 3.05) is 0 Å². The smallest absolute Gasteiger partial charge is 0.0695 e. The molecule has 0 bridgehead atoms. The van der Waals surface area contributed by atoms with Crippen LogP contribution in [0.5, 0.6) is 0 Å². The van der Waals surface area contributed by atoms with Gasteiger partial charge in [0, 0.05) is 5.22 Å². The summed E-state index contributed by atoms with van der Waals surface area (Å²) in [7, 11) is 0. The Morgan fingerprint density at radius 1 is 1.25 bits per heavy atom. The minimum Gasteiger partial charge on any atom is -0.277 e. The number of benzene rings is 1. The van der Waals surface area contributed by atoms with Crippen molar-refractivity contribution in [2.45, 2.75) is 26.8 Å². The van der Waals surface area contributed by atoms with Gasteiger partial charge in [-0.2, -0.15) is 0 Å². The number of para-hydroxylation sites is 1. The molecule has 1 aliphatic heterocycles. The fraction of sp³-hybridized carbons (Fsp3) is 0.364. The number of nitrogens with zero attached hydrogens (tertiary/aromatic N) is 1. The average Bonchev–Trinajstić information content (AvgIpc) is 2.32. The molecule has 0 amide bonds. The first kappa shape index (κ1) is 7.53. The molecule has 12 heavy (non-hydrogen) atoms. The lowest BCUT2D eigenvalue weighted by molar-refractivity contribution is 0.922. The Morgan fingerprint density at radius 3 is 2.67 bits per heavy atom. The van der Waals surface area contributed by atoms with Gasteiger partial charge in [0.25, 0.3) is 0 Å². The van der Waals surface area contributed by atoms with Crippen LogP contribution in [0.25, 0.3) is 5.57 Å². The van der Waals surface area contributed by atoms with Crippen LogP contribution in [0.3, 0.4) is 0 Å². The van der Waals surface area contributed by atoms with E-state index in [2.05, 4.69) is 44.0 Å². The van der Waals surface area contributed by atoms with Gasteiger partial charge in [-0.05, 0) is 31.9 Å². The van der Waals surface area contributed by atoms with Gasteiger partial charge in [-0.15, -0.1) is 0 Å². The van der Waals surface area contributed by atoms with E-state index in [0.29, 0.717) is 6.04 Å². The number of aryl methyl sites for hydroxylation is 1. The van der Waals surface area contributed by atoms with Crippen LogP contribution in [0.1, 0.15) is 19.4 Å². The zero-order valence-electron chi connectivity index (χ0n) is 7.76. The van der Waals surface area contributed by atoms with Gasteiger partial charge >= 0.3 is 0 Å². The second-order valence-electron chi connectivity index (χ2n) is 3.46. The van der Waals surface area contributed by atoms with Crippen molar-refractivity contribution >= 4 is 5.57 Å². The molecule has 0 N–H and O–H groups in total. The molecule has 1 heteroatoms. The Balaban J connectivity index is 2.93. The average molecular weight is 159 g/mol. The lowest BCUT2D eigenvalue weighted by atomic mass is 10.1. The molecule has 62 valence electrons. The van der Waals surface area contributed by atoms with Gasteiger partial charge in [0.05, 0.1) is 11.4 Å². The molecule has 1 atom stereocenters. The van der Waals surface area contributed by atoms with Gasteiger partial charge in [0.1, 0.15) is 0 Å². The van der Waals surface area contributed by atoms with E-state index in [1.54, 1.807) is 0 Å². The SMILES string of the molecule is CC1=c2cccc(C)c2=NC1C. The van der Waals surface area contributed by atoms with Crippen molar-refractivity contribution in [1.29, 1.82) is 0 Å². The minimum atomic E-state index is 0.376. The first-order chi connectivity index (χ1) is 5.70. The maximum Gasteiger partial charge on any atom is 0.0695 e. The zero-order chi connectivity index (χ0) is 8.72. The van der Waals surface area contributed by atoms with E-state index in [0.717, 1.165) is 0 Å². The summed E-state index contributed by atoms with van der Waals surface area (Å²) >= 11 is 0. The Morgan fingerprint density at radius 2 is 2.00 bits per heavy atom. The fourth-order valence-electron chi connectivity index (χ4n) is 1.66. The van der Waals surface area contributed by atoms with Crippen LogP contribution in [0, 0.1) is 6.92 Å². The molecule has 1 unspecified atom stereocenters. The highest BCUT2D eigenvalue weighted by Gasteiger charge is 2.10. The lowest BCUT2D eigenvalue weighted by Gasteiger charge is -1.97. The van der Waals surface area contributed by atoms with Crippen LogP contribution >= 0.6 is 0 Å². The molecular formula is C11H13N. The van der Waals surface area contributed by atoms with Gasteiger partial charge in [-0.1, -0.05) is 18.2 Å². The Kier molecular flexibility index (Phi) is 1.53. The van der Waals surface area contributed by atoms with Crippen molar-refractivity contribution in [3.8, 4) is 0 Å². The topological polar surface area (TPSA) is 12.4 Å². The standard InChI is InChI=1S/C11H13N/c1-7-5-4-6-10-8(2)9(3)12-11(7)10/h4-6,9H,1-3H3. The summed E-state index contributed by atoms with van der Waals surface area (Å²) < 4.78 is 0. The summed E-state index contributed by atoms with van der Waals surface area (Å²) in [6, 6.07) is 6.75. The normalized spacial score (nSPS) is 20.6. The molecule has 1 aromatic rings. The molecule has 1 nitrogen and oxygen atoms in total. The Bertz CT molecular complexity index is 429. The molecule has 0 saturated carbocycles. The highest BCUT2D eigenvalue weighted by molar-refractivity contribution is 5.50. The molecule has 1 aliphatic rings. The van der Waals surface area contributed by atoms with Gasteiger partial charge in [-0.25, -0.2) is 0 Å². The van der Waals surface area contributed by atoms with Crippen LogP contribution in [0.4, 0.5) is 0 Å². The molecular weight excluding hydrogens is 146 g/mol. The second-order valence-corrected chi connectivity index (χ2v) is 3.46. The summed E-state index contributed by atoms with van der Waals surface area (Å²) in [5.74, 6) is 0. The van der Waals surface area contributed by atoms with E-state index in [-0.39, 0.29) is 0 Å². The fourth-order valence-corrected chi connectivity index (χ4v) is 1.66. The maximum absolute atomic E-state index is 4.60. The van der Waals surface area contributed by atoms with Crippen LogP contribution in [-0.2, 0) is 0 Å². The third kappa shape index (κ3) is 0.893. The van der Waals surface area contributed by atoms with Gasteiger partial charge in [0.15, 0.2) is 0 Å². The number of hydrogen-bond acceptors (Lipinski definition) is 1. The van der Waals surface area contributed by atoms with Crippen LogP contribution in [0.2, 0.25) is 0 Å². The lowest BCUT2D eigenvalue weighted by Crippen LogP contribution is -2.24. The van der Waals surface area contributed by atoms with E-state index in [9.17, 15) is 0 Å². The number of rotatable bonds is 0. The van der Waals surface area contributed by atoms with E-state index in [1.165, 1.54) is 21.7 Å². The van der Waals surface area contributed by atoms with Crippen molar-refractivity contribution < 1.29 is 0 Å². The largest absolute Gasteiger partial charge is 0.277 e. The summed E-state index contributed by atoms with van der Waals surface area (Å²) in [5, 5.41) is 2.53. The second kappa shape index (κ2) is 2.44. The first-order valence-corrected chi connectivity index (χ1v) is 4.34. The molecule has 0 spiro atoms. The monoisotopic (exact) mass is 159 g/mol. The van der Waals surface area contributed by atoms with Crippen LogP contribution in [-0.4, -0.2) is 6.04 Å². The molecule has 0 radical (unpaired) electrons. The molecule has 0 aromatic heterocycles. The molecule has 0 aliphatic carbocycles. The van der Waals surface area contributed by atoms with Crippen molar-refractivity contribution in [3.63, 3.8) is 0 Å². The summed E-state index contributed by atoms with van der Waals surface area (Å²) in [6.07, 6.45) is 0. The molecule has 0 fully saturated rings. The molecule has 2 rings (SSSR count). The van der Waals surface area contributed by atoms with Crippen molar-refractivity contribution in [2.24, 2.45) is 4.99 Å². The predicted molar refractivity (Wildman–Crippen MR) is 50.5 cm³/mol. The van der Waals surface area contributed by atoms with Crippen molar-refractivity contribution in [3.05, 3.63) is 34.3 Å². The predicted octanol–water partition coefficient (Wildman–Crippen LogP) is 1.19. The van der Waals surface area contributed by atoms with Crippen LogP contribution in [0.15, 0.2) is 23.2 Å². The van der Waals surface area contributed by atoms with E-state index >= 15 is 0 Å². The van der Waals surface area contributed by atoms with Crippen molar-refractivity contribution in [1.82, 2.24) is 0 Å². The van der Waals surface area contributed by atoms with Crippen LogP contribution < -0.4 is 10.6 Å². The Labute approximate surface area is 72.5 Å². The summed E-state index contributed by atoms with van der Waals surface area (Å²) in [5.41, 5.74) is 2.69. The first-order valence-electron chi connectivity index (χ1n) is 4.34. The third-order valence-corrected chi connectivity index (χ3v) is 2.61. The van der Waals surface area contributed by atoms with Gasteiger partial charge in [0.2, 0.25) is 0 Å². The van der Waals surface area contributed by atoms with E-state index < -0.39 is 0 Å². The van der Waals surface area contributed by atoms with E-state index in [1.807, 2.05) is 0 Å². The summed E-state index contributed by atoms with van der Waals surface area (Å²) in [4.78, 5) is 4.60. The molecule has 1 aromatic carbocycles. The Hall–Kier alpha value is -1.11. The maximum atomic E-state index is 4.60. The van der Waals surface area contributed by atoms with E-state index in [4.69, 9.17) is 0 Å². The zero-order valence-corrected chi connectivity index (χ0v) is 7.76. The highest BCUT2D eigenvalue weighted by atomic mass is 14.8. The highest BCUT2D eigenvalue weighted by Crippen LogP contribution is 2.06. The number of hydrogen-bond donors (Lipinski definition) is 0. The number of fused-ring (bicyclic) bond motifs is 1. The van der Waals surface area contributed by atoms with Gasteiger partial charge in [-0.3, -0.25) is 4.99 Å².